The van der Waals surface area contributed by atoms with Gasteiger partial charge in [-0.05, 0) is 35.8 Å². The van der Waals surface area contributed by atoms with Gasteiger partial charge in [-0.2, -0.15) is 5.21 Å². The van der Waals surface area contributed by atoms with Gasteiger partial charge in [-0.25, -0.2) is 0 Å². The fourth-order valence-corrected chi connectivity index (χ4v) is 1.87. The summed E-state index contributed by atoms with van der Waals surface area (Å²) >= 11 is 0. The molecule has 2 rings (SSSR count). The van der Waals surface area contributed by atoms with Gasteiger partial charge in [0.25, 0.3) is 5.95 Å². The molecule has 1 heterocycles. The van der Waals surface area contributed by atoms with Crippen LogP contribution in [-0.4, -0.2) is 33.1 Å². The van der Waals surface area contributed by atoms with E-state index in [0.717, 1.165) is 18.4 Å². The zero-order valence-electron chi connectivity index (χ0n) is 12.5. The third-order valence-electron chi connectivity index (χ3n) is 3.07. The Labute approximate surface area is 128 Å². The number of nitrogens with one attached hydrogen (secondary N) is 2. The van der Waals surface area contributed by atoms with Crippen molar-refractivity contribution in [2.24, 2.45) is 0 Å². The molecular formula is C14H20N6O2. The highest BCUT2D eigenvalue weighted by molar-refractivity contribution is 5.88. The van der Waals surface area contributed by atoms with Gasteiger partial charge in [-0.15, -0.1) is 5.10 Å². The number of carbonyl (C=O) groups is 1. The smallest absolute Gasteiger partial charge is 0.269 e. The van der Waals surface area contributed by atoms with E-state index < -0.39 is 0 Å². The maximum Gasteiger partial charge on any atom is 0.269 e. The topological polar surface area (TPSA) is 119 Å². The molecule has 8 heteroatoms. The van der Waals surface area contributed by atoms with E-state index >= 15 is 0 Å². The van der Waals surface area contributed by atoms with E-state index in [4.69, 9.17) is 10.5 Å². The second kappa shape index (κ2) is 7.96. The summed E-state index contributed by atoms with van der Waals surface area (Å²) in [6, 6.07) is 5.60. The lowest BCUT2D eigenvalue weighted by Gasteiger charge is -2.10. The Kier molecular flexibility index (Phi) is 5.70. The number of hydrogen-bond donors (Lipinski definition) is 3. The molecule has 0 spiro atoms. The number of aromatic nitrogens is 4. The first-order valence-corrected chi connectivity index (χ1v) is 7.23. The number of unbranched alkanes of at least 4 members (excludes halogenated alkanes) is 1. The van der Waals surface area contributed by atoms with Crippen LogP contribution in [-0.2, 0) is 11.2 Å². The predicted octanol–water partition coefficient (Wildman–Crippen LogP) is 1.53. The van der Waals surface area contributed by atoms with Gasteiger partial charge < -0.3 is 10.5 Å². The lowest BCUT2D eigenvalue weighted by atomic mass is 10.1. The van der Waals surface area contributed by atoms with E-state index in [1.54, 1.807) is 0 Å². The standard InChI is InChI=1S/C14H20N6O2/c1-2-3-8-22-12-6-4-10(9-11(12)15)5-7-13(21)16-14-17-19-20-18-14/h4,6,9H,2-3,5,7-8,15H2,1H3,(H2,16,17,18,19,20,21). The van der Waals surface area contributed by atoms with Gasteiger partial charge in [0.2, 0.25) is 5.91 Å². The Hall–Kier alpha value is -2.64. The summed E-state index contributed by atoms with van der Waals surface area (Å²) < 4.78 is 5.60. The first-order chi connectivity index (χ1) is 10.7. The molecule has 8 nitrogen and oxygen atoms in total. The minimum atomic E-state index is -0.178. The second-order valence-electron chi connectivity index (χ2n) is 4.86. The number of benzene rings is 1. The summed E-state index contributed by atoms with van der Waals surface area (Å²) in [5.74, 6) is 0.681. The van der Waals surface area contributed by atoms with Crippen LogP contribution in [0.1, 0.15) is 31.7 Å². The number of aryl methyl sites for hydroxylation is 1. The van der Waals surface area contributed by atoms with Gasteiger partial charge in [-0.1, -0.05) is 24.5 Å². The molecule has 0 aliphatic carbocycles. The molecule has 0 saturated carbocycles. The molecule has 0 saturated heterocycles. The van der Waals surface area contributed by atoms with Crippen molar-refractivity contribution in [1.29, 1.82) is 0 Å². The van der Waals surface area contributed by atoms with E-state index in [9.17, 15) is 4.79 Å². The van der Waals surface area contributed by atoms with E-state index in [1.165, 1.54) is 0 Å². The minimum Gasteiger partial charge on any atom is -0.491 e. The molecule has 0 atom stereocenters. The fourth-order valence-electron chi connectivity index (χ4n) is 1.87. The molecule has 1 aromatic carbocycles. The van der Waals surface area contributed by atoms with Gasteiger partial charge in [0.05, 0.1) is 12.3 Å². The predicted molar refractivity (Wildman–Crippen MR) is 82.4 cm³/mol. The van der Waals surface area contributed by atoms with Crippen molar-refractivity contribution in [3.63, 3.8) is 0 Å². The number of aromatic amines is 1. The lowest BCUT2D eigenvalue weighted by molar-refractivity contribution is -0.116. The molecule has 1 amide bonds. The normalized spacial score (nSPS) is 10.4. The number of ether oxygens (including phenoxy) is 1. The first kappa shape index (κ1) is 15.7. The second-order valence-corrected chi connectivity index (χ2v) is 4.86. The number of tetrazole rings is 1. The molecule has 22 heavy (non-hydrogen) atoms. The number of hydrogen-bond acceptors (Lipinski definition) is 6. The van der Waals surface area contributed by atoms with Crippen LogP contribution >= 0.6 is 0 Å². The average molecular weight is 304 g/mol. The third kappa shape index (κ3) is 4.72. The van der Waals surface area contributed by atoms with Crippen molar-refractivity contribution in [2.75, 3.05) is 17.7 Å². The van der Waals surface area contributed by atoms with Crippen LogP contribution in [0.15, 0.2) is 18.2 Å². The van der Waals surface area contributed by atoms with Gasteiger partial charge in [0.1, 0.15) is 5.75 Å². The lowest BCUT2D eigenvalue weighted by Crippen LogP contribution is -2.13. The maximum absolute atomic E-state index is 11.7. The molecule has 4 N–H and O–H groups in total. The molecular weight excluding hydrogens is 284 g/mol. The number of carbonyl (C=O) groups excluding carboxylic acids is 1. The molecule has 0 unspecified atom stereocenters. The molecule has 0 aliphatic heterocycles. The van der Waals surface area contributed by atoms with Crippen molar-refractivity contribution < 1.29 is 9.53 Å². The number of rotatable bonds is 8. The van der Waals surface area contributed by atoms with E-state index in [0.29, 0.717) is 30.9 Å². The minimum absolute atomic E-state index is 0.171. The molecule has 118 valence electrons. The van der Waals surface area contributed by atoms with Gasteiger partial charge in [0, 0.05) is 6.42 Å². The number of nitrogens with zero attached hydrogens (tertiary/aromatic N) is 3. The van der Waals surface area contributed by atoms with Crippen molar-refractivity contribution in [3.05, 3.63) is 23.8 Å². The van der Waals surface area contributed by atoms with Crippen LogP contribution in [0.4, 0.5) is 11.6 Å². The highest BCUT2D eigenvalue weighted by Crippen LogP contribution is 2.23. The number of amides is 1. The number of nitrogen functional groups attached to an aromatic ring is 1. The van der Waals surface area contributed by atoms with E-state index in [-0.39, 0.29) is 11.9 Å². The molecule has 1 aromatic heterocycles. The highest BCUT2D eigenvalue weighted by atomic mass is 16.5. The summed E-state index contributed by atoms with van der Waals surface area (Å²) in [6.45, 7) is 2.77. The van der Waals surface area contributed by atoms with Crippen LogP contribution in [0.25, 0.3) is 0 Å². The number of nitrogens with two attached hydrogens (primary N) is 1. The quantitative estimate of drug-likeness (QED) is 0.502. The summed E-state index contributed by atoms with van der Waals surface area (Å²) in [4.78, 5) is 11.7. The van der Waals surface area contributed by atoms with Gasteiger partial charge >= 0.3 is 0 Å². The van der Waals surface area contributed by atoms with Crippen LogP contribution in [0.2, 0.25) is 0 Å². The third-order valence-corrected chi connectivity index (χ3v) is 3.07. The average Bonchev–Trinajstić information content (AvgIpc) is 3.00. The Morgan fingerprint density at radius 1 is 1.45 bits per heavy atom. The van der Waals surface area contributed by atoms with Crippen molar-refractivity contribution >= 4 is 17.5 Å². The Morgan fingerprint density at radius 2 is 2.32 bits per heavy atom. The summed E-state index contributed by atoms with van der Waals surface area (Å²) in [6.07, 6.45) is 2.96. The molecule has 2 aromatic rings. The zero-order valence-corrected chi connectivity index (χ0v) is 12.5. The Bertz CT molecular complexity index is 599. The zero-order chi connectivity index (χ0) is 15.8. The summed E-state index contributed by atoms with van der Waals surface area (Å²) in [7, 11) is 0. The van der Waals surface area contributed by atoms with Crippen LogP contribution < -0.4 is 15.8 Å². The monoisotopic (exact) mass is 304 g/mol. The molecule has 0 fully saturated rings. The highest BCUT2D eigenvalue weighted by Gasteiger charge is 2.07. The number of anilines is 2. The van der Waals surface area contributed by atoms with Gasteiger partial charge in [-0.3, -0.25) is 10.1 Å². The molecule has 0 bridgehead atoms. The summed E-state index contributed by atoms with van der Waals surface area (Å²) in [5, 5.41) is 15.5. The Balaban J connectivity index is 1.82. The Morgan fingerprint density at radius 3 is 3.00 bits per heavy atom. The van der Waals surface area contributed by atoms with Crippen LogP contribution in [0.5, 0.6) is 5.75 Å². The molecule has 0 aliphatic rings. The van der Waals surface area contributed by atoms with E-state index in [1.807, 2.05) is 18.2 Å². The van der Waals surface area contributed by atoms with Gasteiger partial charge in [0.15, 0.2) is 0 Å². The van der Waals surface area contributed by atoms with Crippen LogP contribution in [0.3, 0.4) is 0 Å². The fraction of sp³-hybridized carbons (Fsp3) is 0.429. The van der Waals surface area contributed by atoms with Crippen LogP contribution in [0, 0.1) is 0 Å². The molecule has 0 radical (unpaired) electrons. The SMILES string of the molecule is CCCCOc1ccc(CCC(=O)Nc2nn[nH]n2)cc1N. The first-order valence-electron chi connectivity index (χ1n) is 7.23. The maximum atomic E-state index is 11.7. The summed E-state index contributed by atoms with van der Waals surface area (Å²) in [5.41, 5.74) is 7.53. The van der Waals surface area contributed by atoms with Crippen molar-refractivity contribution in [3.8, 4) is 5.75 Å². The largest absolute Gasteiger partial charge is 0.491 e. The van der Waals surface area contributed by atoms with E-state index in [2.05, 4.69) is 32.9 Å². The van der Waals surface area contributed by atoms with Crippen molar-refractivity contribution in [2.45, 2.75) is 32.6 Å². The number of H-pyrrole nitrogens is 1. The van der Waals surface area contributed by atoms with Crippen molar-refractivity contribution in [1.82, 2.24) is 20.6 Å².